The summed E-state index contributed by atoms with van der Waals surface area (Å²) in [6.07, 6.45) is 3.64. The molecule has 0 bridgehead atoms. The number of aromatic amines is 1. The van der Waals surface area contributed by atoms with Gasteiger partial charge in [0.05, 0.1) is 16.4 Å². The van der Waals surface area contributed by atoms with Crippen LogP contribution in [0.5, 0.6) is 0 Å². The van der Waals surface area contributed by atoms with Crippen molar-refractivity contribution in [2.45, 2.75) is 20.4 Å². The molecule has 19 heavy (non-hydrogen) atoms. The Hall–Kier alpha value is -1.59. The molecule has 0 spiro atoms. The molecule has 0 saturated carbocycles. The maximum atomic E-state index is 6.08. The topological polar surface area (TPSA) is 65.6 Å². The van der Waals surface area contributed by atoms with Crippen LogP contribution in [-0.4, -0.2) is 28.3 Å². The third-order valence-corrected chi connectivity index (χ3v) is 3.37. The Bertz CT molecular complexity index is 538. The second-order valence-electron chi connectivity index (χ2n) is 4.40. The molecule has 0 aliphatic heterocycles. The van der Waals surface area contributed by atoms with Gasteiger partial charge in [-0.15, -0.1) is 0 Å². The van der Waals surface area contributed by atoms with E-state index in [-0.39, 0.29) is 0 Å². The Morgan fingerprint density at radius 2 is 2.16 bits per heavy atom. The van der Waals surface area contributed by atoms with Crippen molar-refractivity contribution >= 4 is 17.3 Å². The quantitative estimate of drug-likeness (QED) is 0.710. The Morgan fingerprint density at radius 3 is 2.84 bits per heavy atom. The Balaban J connectivity index is 1.70. The fraction of sp³-hybridized carbons (Fsp3) is 0.385. The molecule has 2 aromatic heterocycles. The van der Waals surface area contributed by atoms with E-state index in [0.29, 0.717) is 11.6 Å². The lowest BCUT2D eigenvalue weighted by Crippen LogP contribution is -2.22. The van der Waals surface area contributed by atoms with E-state index in [1.54, 1.807) is 6.20 Å². The fourth-order valence-electron chi connectivity index (χ4n) is 1.75. The van der Waals surface area contributed by atoms with Crippen LogP contribution in [0.15, 0.2) is 18.5 Å². The first kappa shape index (κ1) is 13.8. The van der Waals surface area contributed by atoms with E-state index in [1.165, 1.54) is 0 Å². The van der Waals surface area contributed by atoms with Gasteiger partial charge in [-0.05, 0) is 25.5 Å². The Labute approximate surface area is 117 Å². The Kier molecular flexibility index (Phi) is 4.76. The molecule has 5 nitrogen and oxygen atoms in total. The van der Waals surface area contributed by atoms with Gasteiger partial charge in [-0.3, -0.25) is 10.1 Å². The number of H-pyrrole nitrogens is 1. The van der Waals surface area contributed by atoms with Crippen molar-refractivity contribution in [1.29, 1.82) is 0 Å². The predicted octanol–water partition coefficient (Wildman–Crippen LogP) is 2.28. The molecule has 0 aromatic carbocycles. The van der Waals surface area contributed by atoms with Gasteiger partial charge in [-0.1, -0.05) is 11.6 Å². The van der Waals surface area contributed by atoms with Crippen molar-refractivity contribution < 1.29 is 0 Å². The van der Waals surface area contributed by atoms with E-state index in [0.717, 1.165) is 35.7 Å². The average Bonchev–Trinajstić information content (AvgIpc) is 2.72. The predicted molar refractivity (Wildman–Crippen MR) is 77.5 cm³/mol. The summed E-state index contributed by atoms with van der Waals surface area (Å²) in [6.45, 7) is 6.29. The van der Waals surface area contributed by atoms with Crippen LogP contribution in [0, 0.1) is 13.8 Å². The van der Waals surface area contributed by atoms with Gasteiger partial charge in [0.15, 0.2) is 0 Å². The summed E-state index contributed by atoms with van der Waals surface area (Å²) >= 11 is 6.08. The second-order valence-corrected chi connectivity index (χ2v) is 4.78. The molecule has 6 heteroatoms. The van der Waals surface area contributed by atoms with Crippen LogP contribution < -0.4 is 10.6 Å². The van der Waals surface area contributed by atoms with Crippen LogP contribution in [0.4, 0.5) is 5.69 Å². The minimum atomic E-state index is 0.667. The first-order chi connectivity index (χ1) is 9.18. The van der Waals surface area contributed by atoms with E-state index < -0.39 is 0 Å². The molecule has 2 heterocycles. The molecule has 0 unspecified atom stereocenters. The van der Waals surface area contributed by atoms with Gasteiger partial charge >= 0.3 is 0 Å². The number of aryl methyl sites for hydroxylation is 2. The highest BCUT2D eigenvalue weighted by Crippen LogP contribution is 2.16. The molecular formula is C13H18ClN5. The molecule has 3 N–H and O–H groups in total. The summed E-state index contributed by atoms with van der Waals surface area (Å²) in [6, 6.07) is 1.98. The van der Waals surface area contributed by atoms with Crippen molar-refractivity contribution in [2.75, 3.05) is 18.4 Å². The van der Waals surface area contributed by atoms with Gasteiger partial charge in [0, 0.05) is 37.7 Å². The van der Waals surface area contributed by atoms with Crippen molar-refractivity contribution in [3.8, 4) is 0 Å². The number of anilines is 1. The number of halogens is 1. The molecule has 0 fully saturated rings. The maximum absolute atomic E-state index is 6.08. The summed E-state index contributed by atoms with van der Waals surface area (Å²) in [5.41, 5.74) is 4.03. The molecule has 2 rings (SSSR count). The van der Waals surface area contributed by atoms with Gasteiger partial charge in [0.1, 0.15) is 0 Å². The van der Waals surface area contributed by atoms with Crippen molar-refractivity contribution in [2.24, 2.45) is 0 Å². The number of nitrogens with zero attached hydrogens (tertiary/aromatic N) is 2. The van der Waals surface area contributed by atoms with E-state index >= 15 is 0 Å². The molecule has 102 valence electrons. The Morgan fingerprint density at radius 1 is 1.32 bits per heavy atom. The van der Waals surface area contributed by atoms with Crippen LogP contribution in [0.25, 0.3) is 0 Å². The van der Waals surface area contributed by atoms with Crippen LogP contribution >= 0.6 is 11.6 Å². The van der Waals surface area contributed by atoms with E-state index in [9.17, 15) is 0 Å². The second kappa shape index (κ2) is 6.54. The maximum Gasteiger partial charge on any atom is 0.0948 e. The van der Waals surface area contributed by atoms with Gasteiger partial charge in [0.2, 0.25) is 0 Å². The summed E-state index contributed by atoms with van der Waals surface area (Å²) in [5.74, 6) is 0. The highest BCUT2D eigenvalue weighted by atomic mass is 35.5. The van der Waals surface area contributed by atoms with Crippen LogP contribution in [0.2, 0.25) is 5.02 Å². The van der Waals surface area contributed by atoms with Crippen LogP contribution in [0.3, 0.4) is 0 Å². The van der Waals surface area contributed by atoms with Crippen molar-refractivity contribution in [1.82, 2.24) is 20.5 Å². The first-order valence-corrected chi connectivity index (χ1v) is 6.61. The van der Waals surface area contributed by atoms with E-state index in [1.807, 2.05) is 26.1 Å². The number of hydrogen-bond donors (Lipinski definition) is 3. The molecule has 0 radical (unpaired) electrons. The van der Waals surface area contributed by atoms with Crippen LogP contribution in [-0.2, 0) is 6.54 Å². The molecule has 0 aliphatic carbocycles. The van der Waals surface area contributed by atoms with Gasteiger partial charge in [0.25, 0.3) is 0 Å². The average molecular weight is 280 g/mol. The summed E-state index contributed by atoms with van der Waals surface area (Å²) < 4.78 is 0. The standard InChI is InChI=1S/C13H18ClN5/c1-9-7-15-4-3-11(9)17-6-5-16-8-12-13(14)10(2)18-19-12/h3-4,7,16H,5-6,8H2,1-2H3,(H,15,17)(H,18,19). The lowest BCUT2D eigenvalue weighted by molar-refractivity contribution is 0.690. The lowest BCUT2D eigenvalue weighted by atomic mass is 10.2. The lowest BCUT2D eigenvalue weighted by Gasteiger charge is -2.09. The number of pyridine rings is 1. The number of rotatable bonds is 6. The molecule has 0 atom stereocenters. The zero-order valence-electron chi connectivity index (χ0n) is 11.1. The van der Waals surface area contributed by atoms with Crippen molar-refractivity contribution in [3.05, 3.63) is 40.4 Å². The number of hydrogen-bond acceptors (Lipinski definition) is 4. The normalized spacial score (nSPS) is 10.7. The van der Waals surface area contributed by atoms with E-state index in [2.05, 4.69) is 25.8 Å². The zero-order valence-corrected chi connectivity index (χ0v) is 11.9. The van der Waals surface area contributed by atoms with Gasteiger partial charge < -0.3 is 10.6 Å². The van der Waals surface area contributed by atoms with Crippen molar-refractivity contribution in [3.63, 3.8) is 0 Å². The molecule has 2 aromatic rings. The van der Waals surface area contributed by atoms with E-state index in [4.69, 9.17) is 11.6 Å². The third-order valence-electron chi connectivity index (χ3n) is 2.87. The highest BCUT2D eigenvalue weighted by molar-refractivity contribution is 6.31. The monoisotopic (exact) mass is 279 g/mol. The number of nitrogens with one attached hydrogen (secondary N) is 3. The summed E-state index contributed by atoms with van der Waals surface area (Å²) in [5, 5.41) is 14.4. The minimum absolute atomic E-state index is 0.667. The summed E-state index contributed by atoms with van der Waals surface area (Å²) in [4.78, 5) is 4.06. The number of aromatic nitrogens is 3. The first-order valence-electron chi connectivity index (χ1n) is 6.23. The highest BCUT2D eigenvalue weighted by Gasteiger charge is 2.06. The largest absolute Gasteiger partial charge is 0.383 e. The fourth-order valence-corrected chi connectivity index (χ4v) is 1.90. The molecule has 0 saturated heterocycles. The molecule has 0 aliphatic rings. The van der Waals surface area contributed by atoms with Gasteiger partial charge in [-0.2, -0.15) is 5.10 Å². The van der Waals surface area contributed by atoms with Crippen LogP contribution in [0.1, 0.15) is 17.0 Å². The minimum Gasteiger partial charge on any atom is -0.383 e. The molecule has 0 amide bonds. The van der Waals surface area contributed by atoms with Gasteiger partial charge in [-0.25, -0.2) is 0 Å². The zero-order chi connectivity index (χ0) is 13.7. The SMILES string of the molecule is Cc1cnccc1NCCNCc1n[nH]c(C)c1Cl. The molecular weight excluding hydrogens is 262 g/mol. The summed E-state index contributed by atoms with van der Waals surface area (Å²) in [7, 11) is 0. The smallest absolute Gasteiger partial charge is 0.0948 e. The third kappa shape index (κ3) is 3.68.